The summed E-state index contributed by atoms with van der Waals surface area (Å²) in [6.07, 6.45) is 4.69. The molecule has 0 bridgehead atoms. The molecular weight excluding hydrogens is 461 g/mol. The van der Waals surface area contributed by atoms with E-state index in [4.69, 9.17) is 11.6 Å². The number of carbonyl (C=O) groups excluding carboxylic acids is 2. The SMILES string of the molecule is CC1CCCCN1CCCNC(=O)c1ccc2c(c1)N(Cc1c(F)cccc1Cl)C(=O)CS2. The zero-order valence-electron chi connectivity index (χ0n) is 18.8. The molecule has 0 radical (unpaired) electrons. The minimum Gasteiger partial charge on any atom is -0.352 e. The monoisotopic (exact) mass is 489 g/mol. The maximum atomic E-state index is 14.4. The number of rotatable bonds is 7. The number of nitrogens with one attached hydrogen (secondary N) is 1. The smallest absolute Gasteiger partial charge is 0.251 e. The summed E-state index contributed by atoms with van der Waals surface area (Å²) in [6.45, 7) is 5.00. The molecule has 1 unspecified atom stereocenters. The second kappa shape index (κ2) is 10.9. The van der Waals surface area contributed by atoms with E-state index in [2.05, 4.69) is 17.1 Å². The summed E-state index contributed by atoms with van der Waals surface area (Å²) in [7, 11) is 0. The highest BCUT2D eigenvalue weighted by Crippen LogP contribution is 2.37. The Morgan fingerprint density at radius 1 is 1.27 bits per heavy atom. The standard InChI is InChI=1S/C25H29ClFN3O2S/c1-17-6-2-3-12-29(17)13-5-11-28-25(32)18-9-10-23-22(14-18)30(24(31)16-33-23)15-19-20(26)7-4-8-21(19)27/h4,7-10,14,17H,2-3,5-6,11-13,15-16H2,1H3,(H,28,32). The molecule has 5 nitrogen and oxygen atoms in total. The molecule has 2 aliphatic rings. The molecule has 4 rings (SSSR count). The minimum atomic E-state index is -0.452. The van der Waals surface area contributed by atoms with Crippen LogP contribution in [0.4, 0.5) is 10.1 Å². The molecule has 2 heterocycles. The molecule has 0 spiro atoms. The number of fused-ring (bicyclic) bond motifs is 1. The molecule has 1 saturated heterocycles. The van der Waals surface area contributed by atoms with Gasteiger partial charge in [0.05, 0.1) is 18.0 Å². The van der Waals surface area contributed by atoms with Gasteiger partial charge < -0.3 is 15.1 Å². The van der Waals surface area contributed by atoms with Gasteiger partial charge in [-0.05, 0) is 63.1 Å². The van der Waals surface area contributed by atoms with E-state index in [9.17, 15) is 14.0 Å². The van der Waals surface area contributed by atoms with Crippen LogP contribution in [0.5, 0.6) is 0 Å². The Bertz CT molecular complexity index is 1010. The quantitative estimate of drug-likeness (QED) is 0.549. The van der Waals surface area contributed by atoms with Crippen molar-refractivity contribution in [2.75, 3.05) is 30.3 Å². The second-order valence-corrected chi connectivity index (χ2v) is 10.1. The number of hydrogen-bond acceptors (Lipinski definition) is 4. The molecule has 2 amide bonds. The van der Waals surface area contributed by atoms with E-state index in [1.165, 1.54) is 48.1 Å². The van der Waals surface area contributed by atoms with Gasteiger partial charge in [-0.15, -0.1) is 11.8 Å². The number of hydrogen-bond donors (Lipinski definition) is 1. The fourth-order valence-corrected chi connectivity index (χ4v) is 5.57. The normalized spacial score (nSPS) is 18.8. The molecule has 0 aliphatic carbocycles. The van der Waals surface area contributed by atoms with Crippen LogP contribution in [0.25, 0.3) is 0 Å². The van der Waals surface area contributed by atoms with Crippen molar-refractivity contribution in [1.82, 2.24) is 10.2 Å². The maximum absolute atomic E-state index is 14.4. The van der Waals surface area contributed by atoms with Crippen molar-refractivity contribution >= 4 is 40.9 Å². The third kappa shape index (κ3) is 5.70. The summed E-state index contributed by atoms with van der Waals surface area (Å²) in [5, 5.41) is 3.27. The van der Waals surface area contributed by atoms with E-state index in [1.807, 2.05) is 6.07 Å². The maximum Gasteiger partial charge on any atom is 0.251 e. The number of piperidine rings is 1. The van der Waals surface area contributed by atoms with Gasteiger partial charge in [0.2, 0.25) is 5.91 Å². The largest absolute Gasteiger partial charge is 0.352 e. The average molecular weight is 490 g/mol. The summed E-state index contributed by atoms with van der Waals surface area (Å²) >= 11 is 7.61. The van der Waals surface area contributed by atoms with Crippen LogP contribution in [0, 0.1) is 5.82 Å². The lowest BCUT2D eigenvalue weighted by molar-refractivity contribution is -0.116. The zero-order chi connectivity index (χ0) is 23.4. The van der Waals surface area contributed by atoms with Gasteiger partial charge in [0, 0.05) is 40.2 Å². The predicted molar refractivity (Wildman–Crippen MR) is 132 cm³/mol. The van der Waals surface area contributed by atoms with Crippen LogP contribution in [0.2, 0.25) is 5.02 Å². The summed E-state index contributed by atoms with van der Waals surface area (Å²) in [4.78, 5) is 30.4. The van der Waals surface area contributed by atoms with Crippen LogP contribution in [-0.4, -0.2) is 48.1 Å². The lowest BCUT2D eigenvalue weighted by Crippen LogP contribution is -2.39. The molecule has 0 saturated carbocycles. The Labute approximate surface area is 203 Å². The molecule has 0 aromatic heterocycles. The van der Waals surface area contributed by atoms with Gasteiger partial charge >= 0.3 is 0 Å². The van der Waals surface area contributed by atoms with E-state index in [0.29, 0.717) is 23.8 Å². The molecule has 2 aromatic rings. The molecular formula is C25H29ClFN3O2S. The Hall–Kier alpha value is -2.09. The Balaban J connectivity index is 1.42. The first kappa shape index (κ1) is 24.0. The molecule has 2 aromatic carbocycles. The van der Waals surface area contributed by atoms with Crippen molar-refractivity contribution in [1.29, 1.82) is 0 Å². The first-order valence-electron chi connectivity index (χ1n) is 11.5. The van der Waals surface area contributed by atoms with Crippen LogP contribution >= 0.6 is 23.4 Å². The summed E-state index contributed by atoms with van der Waals surface area (Å²) < 4.78 is 14.4. The molecule has 1 atom stereocenters. The minimum absolute atomic E-state index is 0.0248. The van der Waals surface area contributed by atoms with Gasteiger partial charge in [-0.1, -0.05) is 24.1 Å². The molecule has 1 fully saturated rings. The molecule has 1 N–H and O–H groups in total. The number of halogens is 2. The van der Waals surface area contributed by atoms with E-state index >= 15 is 0 Å². The fourth-order valence-electron chi connectivity index (χ4n) is 4.43. The highest BCUT2D eigenvalue weighted by atomic mass is 35.5. The Morgan fingerprint density at radius 3 is 2.91 bits per heavy atom. The van der Waals surface area contributed by atoms with Crippen LogP contribution in [0.1, 0.15) is 48.5 Å². The third-order valence-electron chi connectivity index (χ3n) is 6.39. The number of nitrogens with zero attached hydrogens (tertiary/aromatic N) is 2. The molecule has 2 aliphatic heterocycles. The van der Waals surface area contributed by atoms with E-state index < -0.39 is 5.82 Å². The van der Waals surface area contributed by atoms with Crippen molar-refractivity contribution in [3.05, 3.63) is 58.4 Å². The number of benzene rings is 2. The lowest BCUT2D eigenvalue weighted by Gasteiger charge is -2.33. The molecule has 8 heteroatoms. The summed E-state index contributed by atoms with van der Waals surface area (Å²) in [5.41, 5.74) is 1.37. The highest BCUT2D eigenvalue weighted by molar-refractivity contribution is 8.00. The molecule has 176 valence electrons. The van der Waals surface area contributed by atoms with Gasteiger partial charge in [0.15, 0.2) is 0 Å². The number of thioether (sulfide) groups is 1. The van der Waals surface area contributed by atoms with Crippen molar-refractivity contribution in [2.45, 2.75) is 50.1 Å². The van der Waals surface area contributed by atoms with Gasteiger partial charge in [-0.2, -0.15) is 0 Å². The predicted octanol–water partition coefficient (Wildman–Crippen LogP) is 5.11. The topological polar surface area (TPSA) is 52.7 Å². The summed E-state index contributed by atoms with van der Waals surface area (Å²) in [6, 6.07) is 10.4. The van der Waals surface area contributed by atoms with Crippen molar-refractivity contribution in [3.63, 3.8) is 0 Å². The number of likely N-dealkylation sites (tertiary alicyclic amines) is 1. The Morgan fingerprint density at radius 2 is 2.12 bits per heavy atom. The van der Waals surface area contributed by atoms with Crippen LogP contribution in [0.15, 0.2) is 41.3 Å². The highest BCUT2D eigenvalue weighted by Gasteiger charge is 2.27. The van der Waals surface area contributed by atoms with Gasteiger partial charge in [-0.3, -0.25) is 9.59 Å². The van der Waals surface area contributed by atoms with Crippen LogP contribution < -0.4 is 10.2 Å². The van der Waals surface area contributed by atoms with E-state index in [-0.39, 0.29) is 34.7 Å². The van der Waals surface area contributed by atoms with Crippen molar-refractivity contribution < 1.29 is 14.0 Å². The van der Waals surface area contributed by atoms with Crippen molar-refractivity contribution in [2.24, 2.45) is 0 Å². The first-order chi connectivity index (χ1) is 15.9. The zero-order valence-corrected chi connectivity index (χ0v) is 20.4. The lowest BCUT2D eigenvalue weighted by atomic mass is 10.0. The molecule has 33 heavy (non-hydrogen) atoms. The second-order valence-electron chi connectivity index (χ2n) is 8.64. The third-order valence-corrected chi connectivity index (χ3v) is 7.79. The first-order valence-corrected chi connectivity index (χ1v) is 12.8. The van der Waals surface area contributed by atoms with Crippen LogP contribution in [-0.2, 0) is 11.3 Å². The summed E-state index contributed by atoms with van der Waals surface area (Å²) in [5.74, 6) is -0.497. The fraction of sp³-hybridized carbons (Fsp3) is 0.440. The Kier molecular flexibility index (Phi) is 7.94. The van der Waals surface area contributed by atoms with E-state index in [1.54, 1.807) is 18.2 Å². The average Bonchev–Trinajstić information content (AvgIpc) is 2.81. The number of amides is 2. The number of carbonyl (C=O) groups is 2. The van der Waals surface area contributed by atoms with Gasteiger partial charge in [0.25, 0.3) is 5.91 Å². The van der Waals surface area contributed by atoms with E-state index in [0.717, 1.165) is 24.4 Å². The van der Waals surface area contributed by atoms with Crippen LogP contribution in [0.3, 0.4) is 0 Å². The van der Waals surface area contributed by atoms with Crippen molar-refractivity contribution in [3.8, 4) is 0 Å². The van der Waals surface area contributed by atoms with Gasteiger partial charge in [0.1, 0.15) is 5.82 Å². The van der Waals surface area contributed by atoms with Gasteiger partial charge in [-0.25, -0.2) is 4.39 Å². The number of anilines is 1.